The SMILES string of the molecule is CC1CCCN(CC(C)NC(=O)c2ccc(NC(=O)OC(C)(C)C)cc2)C1. The fraction of sp³-hybridized carbons (Fsp3) is 0.619. The largest absolute Gasteiger partial charge is 0.444 e. The maximum atomic E-state index is 12.4. The molecule has 2 N–H and O–H groups in total. The maximum Gasteiger partial charge on any atom is 0.412 e. The van der Waals surface area contributed by atoms with Crippen LogP contribution in [-0.2, 0) is 4.74 Å². The van der Waals surface area contributed by atoms with Gasteiger partial charge in [0.15, 0.2) is 0 Å². The first-order valence-corrected chi connectivity index (χ1v) is 9.75. The van der Waals surface area contributed by atoms with Crippen molar-refractivity contribution in [2.75, 3.05) is 25.0 Å². The number of rotatable bonds is 5. The molecular weight excluding hydrogens is 342 g/mol. The van der Waals surface area contributed by atoms with Crippen LogP contribution in [-0.4, -0.2) is 48.2 Å². The Labute approximate surface area is 162 Å². The Bertz CT molecular complexity index is 637. The molecule has 6 heteroatoms. The minimum atomic E-state index is -0.549. The summed E-state index contributed by atoms with van der Waals surface area (Å²) >= 11 is 0. The van der Waals surface area contributed by atoms with Crippen molar-refractivity contribution in [2.24, 2.45) is 5.92 Å². The van der Waals surface area contributed by atoms with Gasteiger partial charge in [0.2, 0.25) is 0 Å². The van der Waals surface area contributed by atoms with Crippen LogP contribution in [0.15, 0.2) is 24.3 Å². The molecule has 1 aliphatic rings. The van der Waals surface area contributed by atoms with Crippen molar-refractivity contribution in [3.8, 4) is 0 Å². The van der Waals surface area contributed by atoms with Crippen molar-refractivity contribution in [1.82, 2.24) is 10.2 Å². The van der Waals surface area contributed by atoms with E-state index in [0.717, 1.165) is 25.6 Å². The summed E-state index contributed by atoms with van der Waals surface area (Å²) in [5.41, 5.74) is 0.617. The lowest BCUT2D eigenvalue weighted by Gasteiger charge is -2.32. The third kappa shape index (κ3) is 7.59. The number of carbonyl (C=O) groups excluding carboxylic acids is 2. The fourth-order valence-electron chi connectivity index (χ4n) is 3.32. The summed E-state index contributed by atoms with van der Waals surface area (Å²) in [5, 5.41) is 5.72. The van der Waals surface area contributed by atoms with Crippen LogP contribution in [0.25, 0.3) is 0 Å². The number of nitrogens with zero attached hydrogens (tertiary/aromatic N) is 1. The summed E-state index contributed by atoms with van der Waals surface area (Å²) in [4.78, 5) is 26.7. The second-order valence-electron chi connectivity index (χ2n) is 8.59. The van der Waals surface area contributed by atoms with Gasteiger partial charge in [0.1, 0.15) is 5.60 Å². The van der Waals surface area contributed by atoms with Crippen molar-refractivity contribution in [3.05, 3.63) is 29.8 Å². The number of ether oxygens (including phenoxy) is 1. The van der Waals surface area contributed by atoms with Gasteiger partial charge in [-0.2, -0.15) is 0 Å². The lowest BCUT2D eigenvalue weighted by Crippen LogP contribution is -2.45. The van der Waals surface area contributed by atoms with Gasteiger partial charge in [-0.25, -0.2) is 4.79 Å². The van der Waals surface area contributed by atoms with Gasteiger partial charge in [0.25, 0.3) is 5.91 Å². The van der Waals surface area contributed by atoms with Crippen molar-refractivity contribution in [2.45, 2.75) is 59.1 Å². The molecule has 0 aromatic heterocycles. The maximum absolute atomic E-state index is 12.4. The van der Waals surface area contributed by atoms with E-state index in [1.54, 1.807) is 24.3 Å². The number of piperidine rings is 1. The van der Waals surface area contributed by atoms with Gasteiger partial charge < -0.3 is 15.0 Å². The highest BCUT2D eigenvalue weighted by Gasteiger charge is 2.19. The fourth-order valence-corrected chi connectivity index (χ4v) is 3.32. The van der Waals surface area contributed by atoms with E-state index in [9.17, 15) is 9.59 Å². The number of hydrogen-bond donors (Lipinski definition) is 2. The van der Waals surface area contributed by atoms with Gasteiger partial charge in [-0.15, -0.1) is 0 Å². The van der Waals surface area contributed by atoms with Crippen LogP contribution in [0.5, 0.6) is 0 Å². The van der Waals surface area contributed by atoms with E-state index in [4.69, 9.17) is 4.74 Å². The van der Waals surface area contributed by atoms with Crippen LogP contribution < -0.4 is 10.6 Å². The normalized spacial score (nSPS) is 19.2. The molecule has 1 fully saturated rings. The highest BCUT2D eigenvalue weighted by Crippen LogP contribution is 2.16. The molecule has 1 aromatic carbocycles. The van der Waals surface area contributed by atoms with Crippen LogP contribution in [0.3, 0.4) is 0 Å². The Balaban J connectivity index is 1.83. The van der Waals surface area contributed by atoms with Gasteiger partial charge in [-0.05, 0) is 77.3 Å². The van der Waals surface area contributed by atoms with E-state index < -0.39 is 11.7 Å². The monoisotopic (exact) mass is 375 g/mol. The van der Waals surface area contributed by atoms with Crippen LogP contribution >= 0.6 is 0 Å². The van der Waals surface area contributed by atoms with E-state index in [1.165, 1.54) is 12.8 Å². The third-order valence-electron chi connectivity index (χ3n) is 4.44. The average molecular weight is 376 g/mol. The summed E-state index contributed by atoms with van der Waals surface area (Å²) in [6, 6.07) is 6.91. The Kier molecular flexibility index (Phi) is 7.25. The third-order valence-corrected chi connectivity index (χ3v) is 4.44. The summed E-state index contributed by atoms with van der Waals surface area (Å²) in [6.45, 7) is 12.8. The number of likely N-dealkylation sites (tertiary alicyclic amines) is 1. The number of nitrogens with one attached hydrogen (secondary N) is 2. The predicted octanol–water partition coefficient (Wildman–Crippen LogP) is 3.88. The molecule has 6 nitrogen and oxygen atoms in total. The zero-order valence-corrected chi connectivity index (χ0v) is 17.2. The van der Waals surface area contributed by atoms with Crippen LogP contribution in [0.2, 0.25) is 0 Å². The molecule has 2 rings (SSSR count). The zero-order chi connectivity index (χ0) is 20.0. The second-order valence-corrected chi connectivity index (χ2v) is 8.59. The molecule has 0 saturated carbocycles. The van der Waals surface area contributed by atoms with Gasteiger partial charge >= 0.3 is 6.09 Å². The molecule has 27 heavy (non-hydrogen) atoms. The lowest BCUT2D eigenvalue weighted by molar-refractivity contribution is 0.0635. The topological polar surface area (TPSA) is 70.7 Å². The number of hydrogen-bond acceptors (Lipinski definition) is 4. The van der Waals surface area contributed by atoms with E-state index in [-0.39, 0.29) is 11.9 Å². The van der Waals surface area contributed by atoms with E-state index in [1.807, 2.05) is 27.7 Å². The molecule has 2 amide bonds. The molecule has 2 unspecified atom stereocenters. The number of carbonyl (C=O) groups is 2. The summed E-state index contributed by atoms with van der Waals surface area (Å²) in [6.07, 6.45) is 2.01. The molecular formula is C21H33N3O3. The molecule has 150 valence electrons. The molecule has 1 aliphatic heterocycles. The number of anilines is 1. The molecule has 0 spiro atoms. The van der Waals surface area contributed by atoms with E-state index in [2.05, 4.69) is 22.5 Å². The van der Waals surface area contributed by atoms with Gasteiger partial charge in [-0.1, -0.05) is 6.92 Å². The van der Waals surface area contributed by atoms with Crippen molar-refractivity contribution in [1.29, 1.82) is 0 Å². The first kappa shape index (κ1) is 21.2. The first-order valence-electron chi connectivity index (χ1n) is 9.75. The highest BCUT2D eigenvalue weighted by molar-refractivity contribution is 5.95. The Morgan fingerprint density at radius 1 is 1.26 bits per heavy atom. The first-order chi connectivity index (χ1) is 12.6. The van der Waals surface area contributed by atoms with E-state index >= 15 is 0 Å². The van der Waals surface area contributed by atoms with Crippen LogP contribution in [0, 0.1) is 5.92 Å². The standard InChI is InChI=1S/C21H33N3O3/c1-15-7-6-12-24(13-15)14-16(2)22-19(25)17-8-10-18(11-9-17)23-20(26)27-21(3,4)5/h8-11,15-16H,6-7,12-14H2,1-5H3,(H,22,25)(H,23,26). The second kappa shape index (κ2) is 9.22. The van der Waals surface area contributed by atoms with E-state index in [0.29, 0.717) is 11.3 Å². The summed E-state index contributed by atoms with van der Waals surface area (Å²) in [5.74, 6) is 0.628. The molecule has 2 atom stereocenters. The van der Waals surface area contributed by atoms with Gasteiger partial charge in [0, 0.05) is 30.4 Å². The summed E-state index contributed by atoms with van der Waals surface area (Å²) in [7, 11) is 0. The molecule has 1 heterocycles. The smallest absolute Gasteiger partial charge is 0.412 e. The van der Waals surface area contributed by atoms with Crippen LogP contribution in [0.4, 0.5) is 10.5 Å². The Morgan fingerprint density at radius 3 is 2.52 bits per heavy atom. The molecule has 1 aromatic rings. The number of amides is 2. The van der Waals surface area contributed by atoms with Crippen molar-refractivity contribution < 1.29 is 14.3 Å². The van der Waals surface area contributed by atoms with Gasteiger partial charge in [-0.3, -0.25) is 10.1 Å². The Morgan fingerprint density at radius 2 is 1.93 bits per heavy atom. The minimum absolute atomic E-state index is 0.0855. The molecule has 0 bridgehead atoms. The summed E-state index contributed by atoms with van der Waals surface area (Å²) < 4.78 is 5.22. The predicted molar refractivity (Wildman–Crippen MR) is 108 cm³/mol. The quantitative estimate of drug-likeness (QED) is 0.819. The van der Waals surface area contributed by atoms with Gasteiger partial charge in [0.05, 0.1) is 0 Å². The van der Waals surface area contributed by atoms with Crippen molar-refractivity contribution >= 4 is 17.7 Å². The van der Waals surface area contributed by atoms with Crippen molar-refractivity contribution in [3.63, 3.8) is 0 Å². The zero-order valence-electron chi connectivity index (χ0n) is 17.2. The molecule has 0 radical (unpaired) electrons. The Hall–Kier alpha value is -2.08. The lowest BCUT2D eigenvalue weighted by atomic mass is 10.00. The highest BCUT2D eigenvalue weighted by atomic mass is 16.6. The van der Waals surface area contributed by atoms with Crippen LogP contribution in [0.1, 0.15) is 57.8 Å². The molecule has 0 aliphatic carbocycles. The number of benzene rings is 1. The minimum Gasteiger partial charge on any atom is -0.444 e. The molecule has 1 saturated heterocycles. The average Bonchev–Trinajstić information content (AvgIpc) is 2.53.